The highest BCUT2D eigenvalue weighted by Crippen LogP contribution is 2.41. The molecule has 29 heavy (non-hydrogen) atoms. The Hall–Kier alpha value is -2.67. The van der Waals surface area contributed by atoms with Crippen LogP contribution in [0.2, 0.25) is 5.02 Å². The lowest BCUT2D eigenvalue weighted by molar-refractivity contribution is -0.137. The minimum Gasteiger partial charge on any atom is -0.496 e. The number of aryl methyl sites for hydroxylation is 1. The normalized spacial score (nSPS) is 18.3. The molecule has 1 aliphatic heterocycles. The summed E-state index contributed by atoms with van der Waals surface area (Å²) in [4.78, 5) is 14.7. The molecule has 152 valence electrons. The van der Waals surface area contributed by atoms with Crippen molar-refractivity contribution >= 4 is 28.9 Å². The zero-order valence-electron chi connectivity index (χ0n) is 15.5. The molecule has 0 bridgehead atoms. The van der Waals surface area contributed by atoms with E-state index in [4.69, 9.17) is 16.3 Å². The third kappa shape index (κ3) is 4.19. The largest absolute Gasteiger partial charge is 0.496 e. The van der Waals surface area contributed by atoms with Gasteiger partial charge in [0.05, 0.1) is 34.3 Å². The third-order valence-electron chi connectivity index (χ3n) is 4.92. The fourth-order valence-electron chi connectivity index (χ4n) is 3.41. The van der Waals surface area contributed by atoms with E-state index in [0.717, 1.165) is 23.5 Å². The Labute approximate surface area is 170 Å². The van der Waals surface area contributed by atoms with Gasteiger partial charge >= 0.3 is 6.18 Å². The van der Waals surface area contributed by atoms with Crippen molar-refractivity contribution in [2.45, 2.75) is 13.1 Å². The Kier molecular flexibility index (Phi) is 4.94. The number of nitrogens with zero attached hydrogens (tertiary/aromatic N) is 1. The Bertz CT molecular complexity index is 1000. The number of nitrogens with one attached hydrogen (secondary N) is 1. The van der Waals surface area contributed by atoms with Crippen molar-refractivity contribution in [2.75, 3.05) is 29.9 Å². The number of carbonyl (C=O) groups excluding carboxylic acids is 1. The zero-order chi connectivity index (χ0) is 20.8. The van der Waals surface area contributed by atoms with Crippen LogP contribution in [-0.2, 0) is 10.9 Å². The topological polar surface area (TPSA) is 41.6 Å². The van der Waals surface area contributed by atoms with Crippen LogP contribution >= 0.6 is 11.6 Å². The molecule has 0 saturated carbocycles. The van der Waals surface area contributed by atoms with Gasteiger partial charge in [-0.25, -0.2) is 0 Å². The molecule has 4 rings (SSSR count). The van der Waals surface area contributed by atoms with E-state index in [2.05, 4.69) is 5.32 Å². The molecule has 1 unspecified atom stereocenters. The number of ether oxygens (including phenoxy) is 1. The summed E-state index contributed by atoms with van der Waals surface area (Å²) >= 11 is 5.91. The van der Waals surface area contributed by atoms with Crippen molar-refractivity contribution in [3.05, 3.63) is 69.9 Å². The van der Waals surface area contributed by atoms with Crippen LogP contribution in [0.15, 0.2) is 48.2 Å². The Morgan fingerprint density at radius 2 is 2.07 bits per heavy atom. The van der Waals surface area contributed by atoms with Crippen molar-refractivity contribution in [1.29, 1.82) is 0 Å². The van der Waals surface area contributed by atoms with E-state index < -0.39 is 22.7 Å². The molecule has 1 amide bonds. The molecule has 2 aromatic carbocycles. The van der Waals surface area contributed by atoms with Crippen LogP contribution in [0.5, 0.6) is 0 Å². The molecule has 2 aromatic rings. The van der Waals surface area contributed by atoms with Gasteiger partial charge in [-0.3, -0.25) is 4.79 Å². The second-order valence-corrected chi connectivity index (χ2v) is 7.55. The fourth-order valence-corrected chi connectivity index (χ4v) is 3.68. The quantitative estimate of drug-likeness (QED) is 0.732. The van der Waals surface area contributed by atoms with Crippen LogP contribution in [0, 0.1) is 12.8 Å². The van der Waals surface area contributed by atoms with Crippen LogP contribution in [0.1, 0.15) is 21.5 Å². The van der Waals surface area contributed by atoms with Crippen molar-refractivity contribution in [3.63, 3.8) is 0 Å². The van der Waals surface area contributed by atoms with Gasteiger partial charge in [0.15, 0.2) is 0 Å². The predicted octanol–water partition coefficient (Wildman–Crippen LogP) is 5.27. The number of fused-ring (bicyclic) bond motifs is 1. The molecule has 4 nitrogen and oxygen atoms in total. The highest BCUT2D eigenvalue weighted by Gasteiger charge is 2.37. The molecule has 1 N–H and O–H groups in total. The molecule has 0 aromatic heterocycles. The summed E-state index contributed by atoms with van der Waals surface area (Å²) in [6.45, 7) is 3.05. The maximum Gasteiger partial charge on any atom is 0.417 e. The number of anilines is 2. The Morgan fingerprint density at radius 1 is 1.28 bits per heavy atom. The van der Waals surface area contributed by atoms with Crippen LogP contribution < -0.4 is 10.2 Å². The minimum atomic E-state index is -4.62. The number of carbonyl (C=O) groups is 1. The molecule has 1 fully saturated rings. The van der Waals surface area contributed by atoms with Gasteiger partial charge in [-0.1, -0.05) is 23.7 Å². The van der Waals surface area contributed by atoms with E-state index in [1.165, 1.54) is 0 Å². The SMILES string of the molecule is Cc1cccc(NC(=O)c2cc(Cl)c(C(F)(F)F)cc2N2CCOC3=CC3C2)c1. The third-order valence-corrected chi connectivity index (χ3v) is 5.23. The monoisotopic (exact) mass is 422 g/mol. The van der Waals surface area contributed by atoms with Crippen LogP contribution in [-0.4, -0.2) is 25.6 Å². The molecule has 1 saturated heterocycles. The molecular weight excluding hydrogens is 405 g/mol. The van der Waals surface area contributed by atoms with E-state index in [0.29, 0.717) is 25.4 Å². The molecule has 2 aliphatic rings. The molecule has 8 heteroatoms. The van der Waals surface area contributed by atoms with Crippen molar-refractivity contribution in [1.82, 2.24) is 0 Å². The van der Waals surface area contributed by atoms with Gasteiger partial charge in [0, 0.05) is 12.2 Å². The van der Waals surface area contributed by atoms with E-state index in [1.807, 2.05) is 19.1 Å². The van der Waals surface area contributed by atoms with Crippen molar-refractivity contribution in [3.8, 4) is 0 Å². The maximum atomic E-state index is 13.4. The number of amides is 1. The first-order valence-electron chi connectivity index (χ1n) is 9.10. The second-order valence-electron chi connectivity index (χ2n) is 7.14. The summed E-state index contributed by atoms with van der Waals surface area (Å²) in [5.74, 6) is 0.397. The fraction of sp³-hybridized carbons (Fsp3) is 0.286. The maximum absolute atomic E-state index is 13.4. The van der Waals surface area contributed by atoms with Crippen LogP contribution in [0.4, 0.5) is 24.5 Å². The summed E-state index contributed by atoms with van der Waals surface area (Å²) in [6.07, 6.45) is -2.71. The minimum absolute atomic E-state index is 0.0650. The summed E-state index contributed by atoms with van der Waals surface area (Å²) in [6, 6.07) is 9.23. The number of hydrogen-bond acceptors (Lipinski definition) is 3. The Morgan fingerprint density at radius 3 is 2.79 bits per heavy atom. The van der Waals surface area contributed by atoms with E-state index in [9.17, 15) is 18.0 Å². The standard InChI is InChI=1S/C21H18ClF3N2O2/c1-12-3-2-4-14(7-12)26-20(28)15-9-17(22)16(21(23,24)25)10-18(15)27-5-6-29-19-8-13(19)11-27/h2-4,7-10,13H,5-6,11H2,1H3,(H,26,28). The smallest absolute Gasteiger partial charge is 0.417 e. The van der Waals surface area contributed by atoms with Crippen molar-refractivity contribution < 1.29 is 22.7 Å². The lowest BCUT2D eigenvalue weighted by atomic mass is 10.1. The molecule has 1 atom stereocenters. The Balaban J connectivity index is 1.73. The second kappa shape index (κ2) is 7.30. The van der Waals surface area contributed by atoms with Gasteiger partial charge < -0.3 is 15.0 Å². The van der Waals surface area contributed by atoms with Crippen LogP contribution in [0.3, 0.4) is 0 Å². The van der Waals surface area contributed by atoms with Gasteiger partial charge in [-0.15, -0.1) is 0 Å². The van der Waals surface area contributed by atoms with E-state index in [1.54, 1.807) is 23.1 Å². The van der Waals surface area contributed by atoms with Gasteiger partial charge in [0.25, 0.3) is 5.91 Å². The van der Waals surface area contributed by atoms with E-state index in [-0.39, 0.29) is 17.2 Å². The number of rotatable bonds is 3. The summed E-state index contributed by atoms with van der Waals surface area (Å²) in [5.41, 5.74) is 0.828. The van der Waals surface area contributed by atoms with Gasteiger partial charge in [-0.05, 0) is 42.8 Å². The zero-order valence-corrected chi connectivity index (χ0v) is 16.3. The molecule has 1 heterocycles. The summed E-state index contributed by atoms with van der Waals surface area (Å²) < 4.78 is 45.9. The lowest BCUT2D eigenvalue weighted by Gasteiger charge is -2.26. The first-order chi connectivity index (χ1) is 13.7. The lowest BCUT2D eigenvalue weighted by Crippen LogP contribution is -2.30. The van der Waals surface area contributed by atoms with Gasteiger partial charge in [0.2, 0.25) is 0 Å². The number of benzene rings is 2. The van der Waals surface area contributed by atoms with Gasteiger partial charge in [0.1, 0.15) is 12.4 Å². The van der Waals surface area contributed by atoms with Crippen molar-refractivity contribution in [2.24, 2.45) is 5.92 Å². The summed E-state index contributed by atoms with van der Waals surface area (Å²) in [7, 11) is 0. The molecule has 1 aliphatic carbocycles. The highest BCUT2D eigenvalue weighted by atomic mass is 35.5. The predicted molar refractivity (Wildman–Crippen MR) is 105 cm³/mol. The average Bonchev–Trinajstić information content (AvgIpc) is 3.38. The first kappa shape index (κ1) is 19.6. The van der Waals surface area contributed by atoms with E-state index >= 15 is 0 Å². The molecule has 0 spiro atoms. The first-order valence-corrected chi connectivity index (χ1v) is 9.48. The highest BCUT2D eigenvalue weighted by molar-refractivity contribution is 6.32. The average molecular weight is 423 g/mol. The number of alkyl halides is 3. The number of hydrogen-bond donors (Lipinski definition) is 1. The van der Waals surface area contributed by atoms with Crippen LogP contribution in [0.25, 0.3) is 0 Å². The molecular formula is C21H18ClF3N2O2. The number of halogens is 4. The summed E-state index contributed by atoms with van der Waals surface area (Å²) in [5, 5.41) is 2.24. The van der Waals surface area contributed by atoms with Gasteiger partial charge in [-0.2, -0.15) is 13.2 Å². The molecule has 0 radical (unpaired) electrons.